The van der Waals surface area contributed by atoms with Crippen LogP contribution < -0.4 is 10.1 Å². The van der Waals surface area contributed by atoms with Crippen LogP contribution in [0.5, 0.6) is 5.88 Å². The second-order valence-corrected chi connectivity index (χ2v) is 4.05. The summed E-state index contributed by atoms with van der Waals surface area (Å²) in [6, 6.07) is 6.62. The minimum absolute atomic E-state index is 0.649. The number of nitrogens with zero attached hydrogens (tertiary/aromatic N) is 1. The summed E-state index contributed by atoms with van der Waals surface area (Å²) >= 11 is 0. The lowest BCUT2D eigenvalue weighted by Gasteiger charge is -2.06. The van der Waals surface area contributed by atoms with E-state index in [0.717, 1.165) is 18.7 Å². The zero-order valence-corrected chi connectivity index (χ0v) is 9.48. The number of nitrogens with one attached hydrogen (secondary N) is 1. The highest BCUT2D eigenvalue weighted by Crippen LogP contribution is 2.19. The molecule has 16 heavy (non-hydrogen) atoms. The molecule has 0 aromatic carbocycles. The standard InChI is InChI=1S/C13H18N2O/c1-2-3-9-16-13-6-4-5-12(15-13)10-14-11-7-8-11/h2,4-6,11,14H,1,3,7-10H2. The van der Waals surface area contributed by atoms with Crippen molar-refractivity contribution in [3.63, 3.8) is 0 Å². The van der Waals surface area contributed by atoms with Gasteiger partial charge in [0.25, 0.3) is 0 Å². The summed E-state index contributed by atoms with van der Waals surface area (Å²) in [7, 11) is 0. The van der Waals surface area contributed by atoms with Crippen LogP contribution in [0.4, 0.5) is 0 Å². The van der Waals surface area contributed by atoms with Gasteiger partial charge in [0.1, 0.15) is 0 Å². The van der Waals surface area contributed by atoms with Crippen LogP contribution in [0, 0.1) is 0 Å². The van der Waals surface area contributed by atoms with Gasteiger partial charge in [-0.05, 0) is 25.3 Å². The van der Waals surface area contributed by atoms with E-state index in [1.165, 1.54) is 12.8 Å². The first-order valence-electron chi connectivity index (χ1n) is 5.81. The zero-order chi connectivity index (χ0) is 11.2. The van der Waals surface area contributed by atoms with Gasteiger partial charge in [0.2, 0.25) is 5.88 Å². The number of aromatic nitrogens is 1. The second kappa shape index (κ2) is 5.66. The van der Waals surface area contributed by atoms with Gasteiger partial charge in [0.05, 0.1) is 12.3 Å². The first-order valence-corrected chi connectivity index (χ1v) is 5.81. The van der Waals surface area contributed by atoms with Crippen molar-refractivity contribution < 1.29 is 4.74 Å². The van der Waals surface area contributed by atoms with Crippen LogP contribution in [0.2, 0.25) is 0 Å². The molecule has 1 N–H and O–H groups in total. The van der Waals surface area contributed by atoms with Crippen LogP contribution >= 0.6 is 0 Å². The Labute approximate surface area is 96.5 Å². The van der Waals surface area contributed by atoms with Crippen molar-refractivity contribution in [3.8, 4) is 5.88 Å². The van der Waals surface area contributed by atoms with E-state index in [-0.39, 0.29) is 0 Å². The highest BCUT2D eigenvalue weighted by atomic mass is 16.5. The molecule has 2 rings (SSSR count). The van der Waals surface area contributed by atoms with E-state index < -0.39 is 0 Å². The molecule has 3 nitrogen and oxygen atoms in total. The summed E-state index contributed by atoms with van der Waals surface area (Å²) in [5, 5.41) is 3.43. The minimum Gasteiger partial charge on any atom is -0.477 e. The summed E-state index contributed by atoms with van der Waals surface area (Å²) in [6.45, 7) is 5.14. The molecule has 1 fully saturated rings. The van der Waals surface area contributed by atoms with Crippen LogP contribution in [0.15, 0.2) is 30.9 Å². The van der Waals surface area contributed by atoms with Gasteiger partial charge in [0.15, 0.2) is 0 Å². The molecule has 1 heterocycles. The molecule has 86 valence electrons. The molecule has 1 aromatic heterocycles. The summed E-state index contributed by atoms with van der Waals surface area (Å²) in [6.07, 6.45) is 5.30. The van der Waals surface area contributed by atoms with Crippen LogP contribution in [-0.4, -0.2) is 17.6 Å². The maximum Gasteiger partial charge on any atom is 0.213 e. The third-order valence-corrected chi connectivity index (χ3v) is 2.50. The van der Waals surface area contributed by atoms with Gasteiger partial charge in [-0.2, -0.15) is 0 Å². The highest BCUT2D eigenvalue weighted by molar-refractivity contribution is 5.16. The zero-order valence-electron chi connectivity index (χ0n) is 9.48. The molecule has 3 heteroatoms. The predicted octanol–water partition coefficient (Wildman–Crippen LogP) is 2.29. The third kappa shape index (κ3) is 3.66. The lowest BCUT2D eigenvalue weighted by Crippen LogP contribution is -2.16. The largest absolute Gasteiger partial charge is 0.477 e. The Morgan fingerprint density at radius 3 is 3.12 bits per heavy atom. The molecule has 0 amide bonds. The number of ether oxygens (including phenoxy) is 1. The molecule has 1 aromatic rings. The van der Waals surface area contributed by atoms with Gasteiger partial charge >= 0.3 is 0 Å². The van der Waals surface area contributed by atoms with Gasteiger partial charge in [-0.25, -0.2) is 4.98 Å². The van der Waals surface area contributed by atoms with E-state index in [4.69, 9.17) is 4.74 Å². The van der Waals surface area contributed by atoms with Gasteiger partial charge in [-0.15, -0.1) is 6.58 Å². The van der Waals surface area contributed by atoms with Crippen molar-refractivity contribution in [2.75, 3.05) is 6.61 Å². The molecule has 0 radical (unpaired) electrons. The van der Waals surface area contributed by atoms with Gasteiger partial charge < -0.3 is 10.1 Å². The lowest BCUT2D eigenvalue weighted by atomic mass is 10.3. The van der Waals surface area contributed by atoms with Crippen molar-refractivity contribution in [1.82, 2.24) is 10.3 Å². The molecule has 0 saturated heterocycles. The number of rotatable bonds is 7. The summed E-state index contributed by atoms with van der Waals surface area (Å²) in [4.78, 5) is 4.43. The quantitative estimate of drug-likeness (QED) is 0.563. The average molecular weight is 218 g/mol. The fourth-order valence-electron chi connectivity index (χ4n) is 1.42. The van der Waals surface area contributed by atoms with E-state index in [1.807, 2.05) is 24.3 Å². The lowest BCUT2D eigenvalue weighted by molar-refractivity contribution is 0.311. The second-order valence-electron chi connectivity index (χ2n) is 4.05. The van der Waals surface area contributed by atoms with Gasteiger partial charge in [-0.1, -0.05) is 12.1 Å². The van der Waals surface area contributed by atoms with E-state index in [0.29, 0.717) is 18.5 Å². The normalized spacial score (nSPS) is 14.8. The third-order valence-electron chi connectivity index (χ3n) is 2.50. The first-order chi connectivity index (χ1) is 7.88. The van der Waals surface area contributed by atoms with E-state index in [1.54, 1.807) is 0 Å². The smallest absolute Gasteiger partial charge is 0.213 e. The monoisotopic (exact) mass is 218 g/mol. The Kier molecular flexibility index (Phi) is 3.94. The van der Waals surface area contributed by atoms with Crippen molar-refractivity contribution in [3.05, 3.63) is 36.5 Å². The molecule has 1 saturated carbocycles. The average Bonchev–Trinajstić information content (AvgIpc) is 3.11. The van der Waals surface area contributed by atoms with E-state index in [2.05, 4.69) is 16.9 Å². The Hall–Kier alpha value is -1.35. The van der Waals surface area contributed by atoms with Crippen molar-refractivity contribution in [1.29, 1.82) is 0 Å². The Morgan fingerprint density at radius 2 is 2.38 bits per heavy atom. The molecule has 0 atom stereocenters. The van der Waals surface area contributed by atoms with Gasteiger partial charge in [0, 0.05) is 18.7 Å². The fourth-order valence-corrected chi connectivity index (χ4v) is 1.42. The predicted molar refractivity (Wildman–Crippen MR) is 64.4 cm³/mol. The van der Waals surface area contributed by atoms with Crippen LogP contribution in [-0.2, 0) is 6.54 Å². The first kappa shape index (κ1) is 11.1. The number of hydrogen-bond donors (Lipinski definition) is 1. The summed E-state index contributed by atoms with van der Waals surface area (Å²) in [5.41, 5.74) is 1.04. The van der Waals surface area contributed by atoms with Crippen LogP contribution in [0.25, 0.3) is 0 Å². The van der Waals surface area contributed by atoms with Crippen LogP contribution in [0.3, 0.4) is 0 Å². The molecule has 1 aliphatic rings. The van der Waals surface area contributed by atoms with Gasteiger partial charge in [-0.3, -0.25) is 0 Å². The molecule has 0 aliphatic heterocycles. The maximum absolute atomic E-state index is 5.50. The van der Waals surface area contributed by atoms with Crippen molar-refractivity contribution >= 4 is 0 Å². The minimum atomic E-state index is 0.649. The number of hydrogen-bond acceptors (Lipinski definition) is 3. The summed E-state index contributed by atoms with van der Waals surface area (Å²) < 4.78 is 5.50. The molecule has 0 unspecified atom stereocenters. The van der Waals surface area contributed by atoms with E-state index in [9.17, 15) is 0 Å². The highest BCUT2D eigenvalue weighted by Gasteiger charge is 2.20. The van der Waals surface area contributed by atoms with Crippen molar-refractivity contribution in [2.24, 2.45) is 0 Å². The van der Waals surface area contributed by atoms with Crippen molar-refractivity contribution in [2.45, 2.75) is 31.8 Å². The fraction of sp³-hybridized carbons (Fsp3) is 0.462. The number of pyridine rings is 1. The SMILES string of the molecule is C=CCCOc1cccc(CNC2CC2)n1. The van der Waals surface area contributed by atoms with Crippen LogP contribution in [0.1, 0.15) is 25.0 Å². The Morgan fingerprint density at radius 1 is 1.50 bits per heavy atom. The Balaban J connectivity index is 1.82. The Bertz CT molecular complexity index is 348. The molecular weight excluding hydrogens is 200 g/mol. The molecule has 0 bridgehead atoms. The molecule has 0 spiro atoms. The van der Waals surface area contributed by atoms with E-state index >= 15 is 0 Å². The maximum atomic E-state index is 5.50. The molecule has 1 aliphatic carbocycles. The topological polar surface area (TPSA) is 34.1 Å². The summed E-state index contributed by atoms with van der Waals surface area (Å²) in [5.74, 6) is 0.706. The molecular formula is C13H18N2O.